The monoisotopic (exact) mass is 266 g/mol. The third-order valence-electron chi connectivity index (χ3n) is 1.87. The van der Waals surface area contributed by atoms with Crippen molar-refractivity contribution in [3.8, 4) is 0 Å². The highest BCUT2D eigenvalue weighted by Gasteiger charge is 2.38. The zero-order valence-electron chi connectivity index (χ0n) is 9.73. The summed E-state index contributed by atoms with van der Waals surface area (Å²) in [6, 6.07) is 0. The second kappa shape index (κ2) is 5.21. The number of hydrogen-bond acceptors (Lipinski definition) is 7. The highest BCUT2D eigenvalue weighted by Crippen LogP contribution is 2.20. The molecule has 0 aliphatic carbocycles. The highest BCUT2D eigenvalue weighted by atomic mass is 19.4. The van der Waals surface area contributed by atoms with Crippen LogP contribution in [0.4, 0.5) is 31.0 Å². The van der Waals surface area contributed by atoms with E-state index in [4.69, 9.17) is 10.8 Å². The minimum atomic E-state index is -4.70. The number of aliphatic hydroxyl groups excluding tert-OH is 1. The van der Waals surface area contributed by atoms with Crippen molar-refractivity contribution >= 4 is 17.8 Å². The van der Waals surface area contributed by atoms with Gasteiger partial charge in [-0.2, -0.15) is 28.1 Å². The van der Waals surface area contributed by atoms with Gasteiger partial charge in [0.15, 0.2) is 6.10 Å². The Hall–Kier alpha value is -1.84. The quantitative estimate of drug-likeness (QED) is 0.697. The van der Waals surface area contributed by atoms with Crippen LogP contribution in [0.25, 0.3) is 0 Å². The Morgan fingerprint density at radius 2 is 1.94 bits per heavy atom. The van der Waals surface area contributed by atoms with E-state index in [0.717, 1.165) is 0 Å². The van der Waals surface area contributed by atoms with E-state index in [1.54, 1.807) is 14.1 Å². The number of hydrogen-bond donors (Lipinski definition) is 3. The van der Waals surface area contributed by atoms with E-state index in [9.17, 15) is 13.2 Å². The van der Waals surface area contributed by atoms with Crippen LogP contribution < -0.4 is 16.0 Å². The van der Waals surface area contributed by atoms with Crippen molar-refractivity contribution in [3.63, 3.8) is 0 Å². The van der Waals surface area contributed by atoms with E-state index in [2.05, 4.69) is 20.3 Å². The van der Waals surface area contributed by atoms with Crippen molar-refractivity contribution in [1.29, 1.82) is 0 Å². The molecule has 0 fully saturated rings. The molecular weight excluding hydrogens is 253 g/mol. The number of alkyl halides is 3. The minimum absolute atomic E-state index is 0.127. The smallest absolute Gasteiger partial charge is 0.382 e. The van der Waals surface area contributed by atoms with Crippen molar-refractivity contribution in [2.45, 2.75) is 12.3 Å². The van der Waals surface area contributed by atoms with E-state index >= 15 is 0 Å². The van der Waals surface area contributed by atoms with Gasteiger partial charge in [-0.05, 0) is 0 Å². The minimum Gasteiger partial charge on any atom is -0.382 e. The van der Waals surface area contributed by atoms with Crippen molar-refractivity contribution in [3.05, 3.63) is 0 Å². The van der Waals surface area contributed by atoms with Gasteiger partial charge in [-0.1, -0.05) is 0 Å². The molecule has 1 aromatic heterocycles. The molecule has 1 unspecified atom stereocenters. The third-order valence-corrected chi connectivity index (χ3v) is 1.87. The van der Waals surface area contributed by atoms with Gasteiger partial charge in [0.05, 0.1) is 6.54 Å². The maximum Gasteiger partial charge on any atom is 0.416 e. The van der Waals surface area contributed by atoms with Gasteiger partial charge < -0.3 is 21.1 Å². The lowest BCUT2D eigenvalue weighted by molar-refractivity contribution is -0.198. The predicted molar refractivity (Wildman–Crippen MR) is 59.1 cm³/mol. The second-order valence-electron chi connectivity index (χ2n) is 3.65. The lowest BCUT2D eigenvalue weighted by Crippen LogP contribution is -2.35. The summed E-state index contributed by atoms with van der Waals surface area (Å²) in [5, 5.41) is 11.0. The molecule has 18 heavy (non-hydrogen) atoms. The van der Waals surface area contributed by atoms with E-state index in [-0.39, 0.29) is 17.8 Å². The van der Waals surface area contributed by atoms with E-state index < -0.39 is 18.8 Å². The summed E-state index contributed by atoms with van der Waals surface area (Å²) >= 11 is 0. The Morgan fingerprint density at radius 3 is 2.44 bits per heavy atom. The number of aromatic nitrogens is 3. The molecule has 0 saturated heterocycles. The molecule has 1 atom stereocenters. The van der Waals surface area contributed by atoms with Crippen LogP contribution in [0.1, 0.15) is 0 Å². The molecule has 0 amide bonds. The van der Waals surface area contributed by atoms with E-state index in [1.807, 2.05) is 0 Å². The molecule has 4 N–H and O–H groups in total. The first-order chi connectivity index (χ1) is 8.20. The van der Waals surface area contributed by atoms with Crippen LogP contribution in [-0.4, -0.2) is 53.0 Å². The first-order valence-corrected chi connectivity index (χ1v) is 4.87. The Balaban J connectivity index is 2.73. The largest absolute Gasteiger partial charge is 0.416 e. The molecule has 7 nitrogen and oxygen atoms in total. The number of nitrogens with two attached hydrogens (primary N) is 1. The first kappa shape index (κ1) is 14.2. The Bertz CT molecular complexity index is 410. The molecule has 1 rings (SSSR count). The zero-order valence-corrected chi connectivity index (χ0v) is 9.73. The number of aliphatic hydroxyl groups is 1. The Kier molecular flexibility index (Phi) is 4.11. The average molecular weight is 266 g/mol. The maximum absolute atomic E-state index is 12.1. The molecule has 102 valence electrons. The van der Waals surface area contributed by atoms with Crippen molar-refractivity contribution in [2.24, 2.45) is 0 Å². The fraction of sp³-hybridized carbons (Fsp3) is 0.625. The molecule has 0 saturated carbocycles. The van der Waals surface area contributed by atoms with Crippen LogP contribution in [0.15, 0.2) is 0 Å². The number of nitrogens with zero attached hydrogens (tertiary/aromatic N) is 4. The Labute approximate surface area is 101 Å². The first-order valence-electron chi connectivity index (χ1n) is 4.87. The standard InChI is InChI=1S/C8H13F3N6O/c1-17(2)7-15-5(12)14-6(16-7)13-3-4(18)8(9,10)11/h4,18H,3H2,1-2H3,(H3,12,13,14,15,16). The molecule has 0 bridgehead atoms. The summed E-state index contributed by atoms with van der Waals surface area (Å²) in [6.45, 7) is -0.764. The molecule has 0 aliphatic heterocycles. The summed E-state index contributed by atoms with van der Waals surface area (Å²) < 4.78 is 36.2. The van der Waals surface area contributed by atoms with Gasteiger partial charge in [0.1, 0.15) is 0 Å². The Morgan fingerprint density at radius 1 is 1.33 bits per heavy atom. The van der Waals surface area contributed by atoms with Gasteiger partial charge in [-0.3, -0.25) is 0 Å². The molecule has 1 heterocycles. The fourth-order valence-corrected chi connectivity index (χ4v) is 0.963. The number of nitrogens with one attached hydrogen (secondary N) is 1. The molecule has 0 radical (unpaired) electrons. The maximum atomic E-state index is 12.1. The van der Waals surface area contributed by atoms with Gasteiger partial charge in [0.2, 0.25) is 17.8 Å². The summed E-state index contributed by atoms with van der Waals surface area (Å²) in [5.41, 5.74) is 5.38. The summed E-state index contributed by atoms with van der Waals surface area (Å²) in [4.78, 5) is 12.7. The normalized spacial score (nSPS) is 13.2. The third kappa shape index (κ3) is 3.87. The number of nitrogen functional groups attached to an aromatic ring is 1. The van der Waals surface area contributed by atoms with Gasteiger partial charge in [0, 0.05) is 14.1 Å². The van der Waals surface area contributed by atoms with Gasteiger partial charge >= 0.3 is 6.18 Å². The van der Waals surface area contributed by atoms with Gasteiger partial charge in [-0.15, -0.1) is 0 Å². The van der Waals surface area contributed by atoms with Gasteiger partial charge in [0.25, 0.3) is 0 Å². The summed E-state index contributed by atoms with van der Waals surface area (Å²) in [6.07, 6.45) is -7.20. The fourth-order valence-electron chi connectivity index (χ4n) is 0.963. The highest BCUT2D eigenvalue weighted by molar-refractivity contribution is 5.40. The number of rotatable bonds is 4. The summed E-state index contributed by atoms with van der Waals surface area (Å²) in [5.74, 6) is -0.0568. The van der Waals surface area contributed by atoms with Crippen molar-refractivity contribution < 1.29 is 18.3 Å². The van der Waals surface area contributed by atoms with Crippen LogP contribution in [0.5, 0.6) is 0 Å². The average Bonchev–Trinajstić information content (AvgIpc) is 2.23. The molecule has 0 aliphatic rings. The van der Waals surface area contributed by atoms with Crippen molar-refractivity contribution in [1.82, 2.24) is 15.0 Å². The van der Waals surface area contributed by atoms with Crippen molar-refractivity contribution in [2.75, 3.05) is 36.6 Å². The lowest BCUT2D eigenvalue weighted by Gasteiger charge is -2.16. The van der Waals surface area contributed by atoms with Crippen LogP contribution in [0, 0.1) is 0 Å². The number of anilines is 3. The SMILES string of the molecule is CN(C)c1nc(N)nc(NCC(O)C(F)(F)F)n1. The lowest BCUT2D eigenvalue weighted by atomic mass is 10.3. The van der Waals surface area contributed by atoms with Crippen LogP contribution >= 0.6 is 0 Å². The van der Waals surface area contributed by atoms with Crippen LogP contribution in [0.3, 0.4) is 0 Å². The molecule has 10 heteroatoms. The molecule has 1 aromatic rings. The van der Waals surface area contributed by atoms with E-state index in [1.165, 1.54) is 4.90 Å². The van der Waals surface area contributed by atoms with Crippen LogP contribution in [-0.2, 0) is 0 Å². The molecule has 0 aromatic carbocycles. The molecular formula is C8H13F3N6O. The second-order valence-corrected chi connectivity index (χ2v) is 3.65. The predicted octanol–water partition coefficient (Wildman–Crippen LogP) is -0.145. The number of halogens is 3. The van der Waals surface area contributed by atoms with Gasteiger partial charge in [-0.25, -0.2) is 0 Å². The zero-order chi connectivity index (χ0) is 13.9. The summed E-state index contributed by atoms with van der Waals surface area (Å²) in [7, 11) is 3.28. The topological polar surface area (TPSA) is 100 Å². The van der Waals surface area contributed by atoms with E-state index in [0.29, 0.717) is 0 Å². The molecule has 0 spiro atoms. The van der Waals surface area contributed by atoms with Crippen LogP contribution in [0.2, 0.25) is 0 Å².